The minimum atomic E-state index is -0.0175. The summed E-state index contributed by atoms with van der Waals surface area (Å²) in [6, 6.07) is 5.22. The van der Waals surface area contributed by atoms with Gasteiger partial charge < -0.3 is 10.1 Å². The van der Waals surface area contributed by atoms with Crippen molar-refractivity contribution in [3.8, 4) is 5.75 Å². The maximum atomic E-state index is 12.2. The highest BCUT2D eigenvalue weighted by Crippen LogP contribution is 2.27. The first-order valence-corrected chi connectivity index (χ1v) is 7.92. The normalized spacial score (nSPS) is 16.9. The molecule has 0 bridgehead atoms. The fourth-order valence-electron chi connectivity index (χ4n) is 2.64. The summed E-state index contributed by atoms with van der Waals surface area (Å²) in [6.07, 6.45) is 6.20. The molecule has 1 aromatic carbocycles. The molecule has 1 aromatic rings. The topological polar surface area (TPSA) is 41.6 Å². The van der Waals surface area contributed by atoms with Crippen LogP contribution in [0, 0.1) is 0 Å². The molecule has 1 N–H and O–H groups in total. The van der Waals surface area contributed by atoms with Gasteiger partial charge in [-0.15, -0.1) is 0 Å². The summed E-state index contributed by atoms with van der Waals surface area (Å²) in [7, 11) is 1.58. The average molecular weight is 311 g/mol. The third-order valence-electron chi connectivity index (χ3n) is 3.75. The maximum Gasteiger partial charge on any atom is 0.238 e. The van der Waals surface area contributed by atoms with Crippen LogP contribution in [0.4, 0.5) is 5.69 Å². The summed E-state index contributed by atoms with van der Waals surface area (Å²) >= 11 is 5.97. The van der Waals surface area contributed by atoms with Crippen molar-refractivity contribution in [3.63, 3.8) is 0 Å². The van der Waals surface area contributed by atoms with E-state index in [9.17, 15) is 4.79 Å². The van der Waals surface area contributed by atoms with Crippen molar-refractivity contribution in [1.29, 1.82) is 0 Å². The Hall–Kier alpha value is -1.26. The molecule has 0 radical (unpaired) electrons. The van der Waals surface area contributed by atoms with Crippen molar-refractivity contribution >= 4 is 23.2 Å². The van der Waals surface area contributed by atoms with Gasteiger partial charge in [-0.1, -0.05) is 30.9 Å². The van der Waals surface area contributed by atoms with Gasteiger partial charge in [0.1, 0.15) is 5.75 Å². The summed E-state index contributed by atoms with van der Waals surface area (Å²) < 4.78 is 5.24. The highest BCUT2D eigenvalue weighted by Gasteiger charge is 2.14. The number of likely N-dealkylation sites (tertiary alicyclic amines) is 1. The maximum absolute atomic E-state index is 12.2. The Morgan fingerprint density at radius 2 is 1.90 bits per heavy atom. The molecule has 1 aliphatic rings. The molecule has 0 unspecified atom stereocenters. The summed E-state index contributed by atoms with van der Waals surface area (Å²) in [5, 5.41) is 3.48. The zero-order valence-electron chi connectivity index (χ0n) is 12.5. The third kappa shape index (κ3) is 5.21. The van der Waals surface area contributed by atoms with Crippen LogP contribution in [-0.4, -0.2) is 37.6 Å². The number of ether oxygens (including phenoxy) is 1. The predicted octanol–water partition coefficient (Wildman–Crippen LogP) is 3.55. The number of benzene rings is 1. The Balaban J connectivity index is 1.92. The molecule has 1 amide bonds. The van der Waals surface area contributed by atoms with E-state index in [1.165, 1.54) is 32.1 Å². The molecule has 0 atom stereocenters. The van der Waals surface area contributed by atoms with Gasteiger partial charge in [-0.3, -0.25) is 9.69 Å². The summed E-state index contributed by atoms with van der Waals surface area (Å²) in [5.74, 6) is 0.608. The third-order valence-corrected chi connectivity index (χ3v) is 3.99. The second-order valence-electron chi connectivity index (χ2n) is 5.44. The number of carbonyl (C=O) groups excluding carboxylic acids is 1. The van der Waals surface area contributed by atoms with Crippen molar-refractivity contribution in [3.05, 3.63) is 23.2 Å². The standard InChI is InChI=1S/C16H23ClN2O2/c1-21-15-8-7-13(17)11-14(15)18-16(20)12-19-9-5-3-2-4-6-10-19/h7-8,11H,2-6,9-10,12H2,1H3,(H,18,20). The quantitative estimate of drug-likeness (QED) is 0.924. The van der Waals surface area contributed by atoms with Crippen LogP contribution in [0.5, 0.6) is 5.75 Å². The van der Waals surface area contributed by atoms with Crippen molar-refractivity contribution in [2.24, 2.45) is 0 Å². The molecule has 1 heterocycles. The number of hydrogen-bond acceptors (Lipinski definition) is 3. The largest absolute Gasteiger partial charge is 0.495 e. The van der Waals surface area contributed by atoms with E-state index in [1.807, 2.05) is 0 Å². The molecule has 1 saturated heterocycles. The van der Waals surface area contributed by atoms with Gasteiger partial charge in [0, 0.05) is 5.02 Å². The van der Waals surface area contributed by atoms with Crippen molar-refractivity contribution in [2.45, 2.75) is 32.1 Å². The van der Waals surface area contributed by atoms with Gasteiger partial charge in [0.2, 0.25) is 5.91 Å². The van der Waals surface area contributed by atoms with Crippen molar-refractivity contribution < 1.29 is 9.53 Å². The Morgan fingerprint density at radius 1 is 1.24 bits per heavy atom. The highest BCUT2D eigenvalue weighted by molar-refractivity contribution is 6.31. The monoisotopic (exact) mass is 310 g/mol. The van der Waals surface area contributed by atoms with Crippen molar-refractivity contribution in [2.75, 3.05) is 32.1 Å². The lowest BCUT2D eigenvalue weighted by Gasteiger charge is -2.24. The van der Waals surface area contributed by atoms with E-state index in [2.05, 4.69) is 10.2 Å². The summed E-state index contributed by atoms with van der Waals surface area (Å²) in [6.45, 7) is 2.43. The lowest BCUT2D eigenvalue weighted by atomic mass is 10.1. The van der Waals surface area contributed by atoms with E-state index < -0.39 is 0 Å². The van der Waals surface area contributed by atoms with Gasteiger partial charge in [-0.05, 0) is 44.1 Å². The summed E-state index contributed by atoms with van der Waals surface area (Å²) in [5.41, 5.74) is 0.627. The molecule has 21 heavy (non-hydrogen) atoms. The van der Waals surface area contributed by atoms with Gasteiger partial charge in [-0.2, -0.15) is 0 Å². The Kier molecular flexibility index (Phi) is 6.33. The van der Waals surface area contributed by atoms with Gasteiger partial charge in [-0.25, -0.2) is 0 Å². The second-order valence-corrected chi connectivity index (χ2v) is 5.87. The number of rotatable bonds is 4. The van der Waals surface area contributed by atoms with Crippen LogP contribution in [0.2, 0.25) is 5.02 Å². The fourth-order valence-corrected chi connectivity index (χ4v) is 2.81. The molecule has 1 fully saturated rings. The molecule has 116 valence electrons. The number of nitrogens with zero attached hydrogens (tertiary/aromatic N) is 1. The SMILES string of the molecule is COc1ccc(Cl)cc1NC(=O)CN1CCCCCCC1. The highest BCUT2D eigenvalue weighted by atomic mass is 35.5. The number of halogens is 1. The minimum Gasteiger partial charge on any atom is -0.495 e. The number of methoxy groups -OCH3 is 1. The van der Waals surface area contributed by atoms with Crippen LogP contribution >= 0.6 is 11.6 Å². The molecule has 0 aromatic heterocycles. The smallest absolute Gasteiger partial charge is 0.238 e. The number of hydrogen-bond donors (Lipinski definition) is 1. The predicted molar refractivity (Wildman–Crippen MR) is 86.2 cm³/mol. The molecule has 0 aliphatic carbocycles. The molecule has 2 rings (SSSR count). The van der Waals surface area contributed by atoms with Crippen LogP contribution in [0.3, 0.4) is 0 Å². The van der Waals surface area contributed by atoms with Crippen LogP contribution < -0.4 is 10.1 Å². The first kappa shape index (κ1) is 16.1. The number of carbonyl (C=O) groups is 1. The molecule has 1 aliphatic heterocycles. The van der Waals surface area contributed by atoms with E-state index in [0.717, 1.165) is 13.1 Å². The second kappa shape index (κ2) is 8.25. The average Bonchev–Trinajstić information content (AvgIpc) is 2.42. The van der Waals surface area contributed by atoms with E-state index in [1.54, 1.807) is 25.3 Å². The lowest BCUT2D eigenvalue weighted by molar-refractivity contribution is -0.117. The molecule has 4 nitrogen and oxygen atoms in total. The van der Waals surface area contributed by atoms with E-state index in [0.29, 0.717) is 23.0 Å². The number of anilines is 1. The van der Waals surface area contributed by atoms with Gasteiger partial charge >= 0.3 is 0 Å². The van der Waals surface area contributed by atoms with E-state index in [4.69, 9.17) is 16.3 Å². The minimum absolute atomic E-state index is 0.0175. The van der Waals surface area contributed by atoms with Gasteiger partial charge in [0.05, 0.1) is 19.3 Å². The van der Waals surface area contributed by atoms with Crippen LogP contribution in [-0.2, 0) is 4.79 Å². The first-order valence-electron chi connectivity index (χ1n) is 7.55. The lowest BCUT2D eigenvalue weighted by Crippen LogP contribution is -2.35. The van der Waals surface area contributed by atoms with Crippen LogP contribution in [0.1, 0.15) is 32.1 Å². The Morgan fingerprint density at radius 3 is 2.57 bits per heavy atom. The molecular formula is C16H23ClN2O2. The van der Waals surface area contributed by atoms with Crippen LogP contribution in [0.25, 0.3) is 0 Å². The van der Waals surface area contributed by atoms with Gasteiger partial charge in [0.25, 0.3) is 0 Å². The fraction of sp³-hybridized carbons (Fsp3) is 0.562. The molecular weight excluding hydrogens is 288 g/mol. The summed E-state index contributed by atoms with van der Waals surface area (Å²) in [4.78, 5) is 14.4. The Bertz CT molecular complexity index is 471. The van der Waals surface area contributed by atoms with Crippen LogP contribution in [0.15, 0.2) is 18.2 Å². The number of amides is 1. The molecule has 5 heteroatoms. The zero-order chi connectivity index (χ0) is 15.1. The van der Waals surface area contributed by atoms with E-state index >= 15 is 0 Å². The first-order chi connectivity index (χ1) is 10.2. The molecule has 0 spiro atoms. The van der Waals surface area contributed by atoms with Crippen molar-refractivity contribution in [1.82, 2.24) is 4.90 Å². The molecule has 0 saturated carbocycles. The Labute approximate surface area is 131 Å². The van der Waals surface area contributed by atoms with E-state index in [-0.39, 0.29) is 5.91 Å². The number of nitrogens with one attached hydrogen (secondary N) is 1. The van der Waals surface area contributed by atoms with Gasteiger partial charge in [0.15, 0.2) is 0 Å². The zero-order valence-corrected chi connectivity index (χ0v) is 13.3.